The minimum atomic E-state index is -0.601. The maximum absolute atomic E-state index is 12.1. The molecule has 6 nitrogen and oxygen atoms in total. The Balaban J connectivity index is 1.70. The summed E-state index contributed by atoms with van der Waals surface area (Å²) in [7, 11) is 0. The lowest BCUT2D eigenvalue weighted by Gasteiger charge is -2.10. The van der Waals surface area contributed by atoms with Crippen molar-refractivity contribution in [2.45, 2.75) is 6.61 Å². The van der Waals surface area contributed by atoms with Gasteiger partial charge in [-0.2, -0.15) is 5.10 Å². The van der Waals surface area contributed by atoms with E-state index in [0.29, 0.717) is 17.9 Å². The fourth-order valence-corrected chi connectivity index (χ4v) is 2.80. The number of nitrogens with zero attached hydrogens (tertiary/aromatic N) is 1. The number of ether oxygens (including phenoxy) is 1. The van der Waals surface area contributed by atoms with Gasteiger partial charge in [0.15, 0.2) is 0 Å². The van der Waals surface area contributed by atoms with Crippen LogP contribution in [0.4, 0.5) is 0 Å². The van der Waals surface area contributed by atoms with Gasteiger partial charge in [0.1, 0.15) is 23.9 Å². The van der Waals surface area contributed by atoms with Crippen molar-refractivity contribution >= 4 is 28.1 Å². The summed E-state index contributed by atoms with van der Waals surface area (Å²) in [6, 6.07) is 18.9. The van der Waals surface area contributed by atoms with E-state index >= 15 is 0 Å². The van der Waals surface area contributed by atoms with Gasteiger partial charge in [0, 0.05) is 16.1 Å². The van der Waals surface area contributed by atoms with Crippen LogP contribution >= 0.6 is 15.9 Å². The number of hydrogen-bond acceptors (Lipinski definition) is 5. The summed E-state index contributed by atoms with van der Waals surface area (Å²) in [4.78, 5) is 12.1. The van der Waals surface area contributed by atoms with Crippen LogP contribution in [0, 0.1) is 0 Å². The number of phenols is 2. The molecular weight excluding hydrogens is 424 g/mol. The van der Waals surface area contributed by atoms with Crippen molar-refractivity contribution in [3.05, 3.63) is 87.9 Å². The molecule has 0 heterocycles. The zero-order valence-electron chi connectivity index (χ0n) is 14.7. The zero-order valence-corrected chi connectivity index (χ0v) is 16.3. The molecule has 142 valence electrons. The number of phenolic OH excluding ortho intramolecular Hbond substituents is 2. The van der Waals surface area contributed by atoms with Crippen molar-refractivity contribution in [1.82, 2.24) is 5.43 Å². The van der Waals surface area contributed by atoms with E-state index in [1.165, 1.54) is 18.3 Å². The lowest BCUT2D eigenvalue weighted by atomic mass is 10.2. The van der Waals surface area contributed by atoms with Crippen LogP contribution in [0.1, 0.15) is 21.5 Å². The molecule has 28 heavy (non-hydrogen) atoms. The second-order valence-corrected chi connectivity index (χ2v) is 6.77. The smallest absolute Gasteiger partial charge is 0.275 e. The van der Waals surface area contributed by atoms with E-state index in [-0.39, 0.29) is 17.1 Å². The third-order valence-electron chi connectivity index (χ3n) is 3.80. The second-order valence-electron chi connectivity index (χ2n) is 5.86. The summed E-state index contributed by atoms with van der Waals surface area (Å²) in [6.45, 7) is 0.400. The van der Waals surface area contributed by atoms with Crippen LogP contribution in [0.5, 0.6) is 17.2 Å². The first-order valence-electron chi connectivity index (χ1n) is 8.34. The van der Waals surface area contributed by atoms with E-state index in [0.717, 1.165) is 16.1 Å². The minimum Gasteiger partial charge on any atom is -0.508 e. The Bertz CT molecular complexity index is 1010. The fraction of sp³-hybridized carbons (Fsp3) is 0.0476. The van der Waals surface area contributed by atoms with Gasteiger partial charge in [-0.3, -0.25) is 4.79 Å². The molecule has 0 aliphatic heterocycles. The van der Waals surface area contributed by atoms with Crippen LogP contribution in [-0.2, 0) is 6.61 Å². The number of hydrazone groups is 1. The summed E-state index contributed by atoms with van der Waals surface area (Å²) in [5.74, 6) is -0.457. The highest BCUT2D eigenvalue weighted by atomic mass is 79.9. The number of hydrogen-bond donors (Lipinski definition) is 3. The quantitative estimate of drug-likeness (QED) is 0.395. The fourth-order valence-electron chi connectivity index (χ4n) is 2.42. The minimum absolute atomic E-state index is 0.00439. The summed E-state index contributed by atoms with van der Waals surface area (Å²) < 4.78 is 6.70. The number of benzene rings is 3. The summed E-state index contributed by atoms with van der Waals surface area (Å²) >= 11 is 3.40. The Kier molecular flexibility index (Phi) is 6.29. The SMILES string of the molecule is O=C(NN=Cc1cc(Br)ccc1OCc1ccccc1)c1ccc(O)cc1O. The highest BCUT2D eigenvalue weighted by Gasteiger charge is 2.11. The molecule has 0 unspecified atom stereocenters. The zero-order chi connectivity index (χ0) is 19.9. The van der Waals surface area contributed by atoms with Gasteiger partial charge in [-0.05, 0) is 35.9 Å². The number of amides is 1. The van der Waals surface area contributed by atoms with Crippen molar-refractivity contribution in [2.75, 3.05) is 0 Å². The molecule has 3 rings (SSSR count). The molecule has 0 fully saturated rings. The molecule has 3 N–H and O–H groups in total. The average molecular weight is 441 g/mol. The standard InChI is InChI=1S/C21H17BrN2O4/c22-16-6-9-20(28-13-14-4-2-1-3-5-14)15(10-16)12-23-24-21(27)18-8-7-17(25)11-19(18)26/h1-12,25-26H,13H2,(H,24,27). The number of nitrogens with one attached hydrogen (secondary N) is 1. The first-order valence-corrected chi connectivity index (χ1v) is 9.14. The normalized spacial score (nSPS) is 10.8. The highest BCUT2D eigenvalue weighted by molar-refractivity contribution is 9.10. The molecule has 0 aromatic heterocycles. The van der Waals surface area contributed by atoms with Gasteiger partial charge in [-0.25, -0.2) is 5.43 Å². The molecule has 0 aliphatic carbocycles. The first kappa shape index (κ1) is 19.4. The van der Waals surface area contributed by atoms with Gasteiger partial charge in [0.05, 0.1) is 11.8 Å². The van der Waals surface area contributed by atoms with E-state index in [1.807, 2.05) is 48.5 Å². The molecule has 0 bridgehead atoms. The molecule has 0 aliphatic rings. The lowest BCUT2D eigenvalue weighted by molar-refractivity contribution is 0.0952. The van der Waals surface area contributed by atoms with Gasteiger partial charge < -0.3 is 14.9 Å². The van der Waals surface area contributed by atoms with E-state index in [1.54, 1.807) is 0 Å². The number of aromatic hydroxyl groups is 2. The molecule has 1 amide bonds. The molecule has 0 saturated carbocycles. The average Bonchev–Trinajstić information content (AvgIpc) is 2.68. The monoisotopic (exact) mass is 440 g/mol. The van der Waals surface area contributed by atoms with Crippen LogP contribution < -0.4 is 10.2 Å². The summed E-state index contributed by atoms with van der Waals surface area (Å²) in [5.41, 5.74) is 4.05. The molecule has 0 spiro atoms. The maximum Gasteiger partial charge on any atom is 0.275 e. The van der Waals surface area contributed by atoms with Crippen molar-refractivity contribution < 1.29 is 19.7 Å². The van der Waals surface area contributed by atoms with E-state index in [4.69, 9.17) is 4.74 Å². The third-order valence-corrected chi connectivity index (χ3v) is 4.30. The molecular formula is C21H17BrN2O4. The lowest BCUT2D eigenvalue weighted by Crippen LogP contribution is -2.17. The molecule has 7 heteroatoms. The van der Waals surface area contributed by atoms with Crippen molar-refractivity contribution in [1.29, 1.82) is 0 Å². The Morgan fingerprint density at radius 1 is 1.07 bits per heavy atom. The third kappa shape index (κ3) is 5.11. The predicted octanol–water partition coefficient (Wildman–Crippen LogP) is 4.20. The highest BCUT2D eigenvalue weighted by Crippen LogP contribution is 2.24. The van der Waals surface area contributed by atoms with Gasteiger partial charge in [-0.15, -0.1) is 0 Å². The van der Waals surface area contributed by atoms with Crippen LogP contribution in [-0.4, -0.2) is 22.3 Å². The maximum atomic E-state index is 12.1. The van der Waals surface area contributed by atoms with Crippen molar-refractivity contribution in [2.24, 2.45) is 5.10 Å². The second kappa shape index (κ2) is 9.05. The summed E-state index contributed by atoms with van der Waals surface area (Å²) in [6.07, 6.45) is 1.46. The van der Waals surface area contributed by atoms with Gasteiger partial charge in [0.25, 0.3) is 5.91 Å². The Morgan fingerprint density at radius 3 is 2.61 bits per heavy atom. The number of carbonyl (C=O) groups is 1. The Labute approximate surface area is 170 Å². The van der Waals surface area contributed by atoms with Crippen LogP contribution in [0.15, 0.2) is 76.3 Å². The number of halogens is 1. The molecule has 3 aromatic carbocycles. The van der Waals surface area contributed by atoms with E-state index in [2.05, 4.69) is 26.5 Å². The number of rotatable bonds is 6. The number of carbonyl (C=O) groups excluding carboxylic acids is 1. The molecule has 0 saturated heterocycles. The van der Waals surface area contributed by atoms with Gasteiger partial charge in [-0.1, -0.05) is 46.3 Å². The van der Waals surface area contributed by atoms with E-state index in [9.17, 15) is 15.0 Å². The summed E-state index contributed by atoms with van der Waals surface area (Å²) in [5, 5.41) is 23.0. The van der Waals surface area contributed by atoms with Crippen molar-refractivity contribution in [3.63, 3.8) is 0 Å². The van der Waals surface area contributed by atoms with Gasteiger partial charge in [0.2, 0.25) is 0 Å². The predicted molar refractivity (Wildman–Crippen MR) is 110 cm³/mol. The van der Waals surface area contributed by atoms with Crippen LogP contribution in [0.3, 0.4) is 0 Å². The Morgan fingerprint density at radius 2 is 1.86 bits per heavy atom. The molecule has 0 atom stereocenters. The van der Waals surface area contributed by atoms with Crippen molar-refractivity contribution in [3.8, 4) is 17.2 Å². The molecule has 0 radical (unpaired) electrons. The first-order chi connectivity index (χ1) is 13.5. The topological polar surface area (TPSA) is 91.2 Å². The Hall–Kier alpha value is -3.32. The van der Waals surface area contributed by atoms with Gasteiger partial charge >= 0.3 is 0 Å². The largest absolute Gasteiger partial charge is 0.508 e. The van der Waals surface area contributed by atoms with Crippen LogP contribution in [0.25, 0.3) is 0 Å². The van der Waals surface area contributed by atoms with E-state index < -0.39 is 5.91 Å². The molecule has 3 aromatic rings. The van der Waals surface area contributed by atoms with Crippen LogP contribution in [0.2, 0.25) is 0 Å².